The van der Waals surface area contributed by atoms with Gasteiger partial charge in [0.1, 0.15) is 12.6 Å². The molecule has 3 aromatic heterocycles. The van der Waals surface area contributed by atoms with Gasteiger partial charge in [-0.25, -0.2) is 0 Å². The number of aldehydes is 3. The minimum atomic E-state index is -1.00. The maximum Gasteiger partial charge on any atom is 0.159 e. The molecule has 1 unspecified atom stereocenters. The van der Waals surface area contributed by atoms with Gasteiger partial charge in [-0.2, -0.15) is 5.10 Å². The summed E-state index contributed by atoms with van der Waals surface area (Å²) < 4.78 is 20.3. The summed E-state index contributed by atoms with van der Waals surface area (Å²) in [6.07, 6.45) is 9.69. The molecule has 0 spiro atoms. The van der Waals surface area contributed by atoms with Gasteiger partial charge < -0.3 is 15.6 Å². The van der Waals surface area contributed by atoms with Gasteiger partial charge in [-0.05, 0) is 66.4 Å². The van der Waals surface area contributed by atoms with Crippen LogP contribution in [0.15, 0.2) is 76.4 Å². The third kappa shape index (κ3) is 27.9. The van der Waals surface area contributed by atoms with Crippen molar-refractivity contribution >= 4 is 65.2 Å². The number of allylic oxidation sites excluding steroid dienone is 2. The van der Waals surface area contributed by atoms with Crippen molar-refractivity contribution in [2.24, 2.45) is 16.8 Å². The molecule has 0 aromatic carbocycles. The number of nitrogens with one attached hydrogen (secondary N) is 1. The summed E-state index contributed by atoms with van der Waals surface area (Å²) >= 11 is 4.85. The van der Waals surface area contributed by atoms with E-state index in [9.17, 15) is 14.0 Å². The van der Waals surface area contributed by atoms with E-state index in [0.29, 0.717) is 12.3 Å². The number of nitrogens with two attached hydrogens (primary N) is 2. The maximum atomic E-state index is 9.96. The van der Waals surface area contributed by atoms with E-state index in [4.69, 9.17) is 10.9 Å². The van der Waals surface area contributed by atoms with Gasteiger partial charge in [0.05, 0.1) is 19.4 Å². The molecule has 9 nitrogen and oxygen atoms in total. The summed E-state index contributed by atoms with van der Waals surface area (Å²) in [6, 6.07) is 12.2. The van der Waals surface area contributed by atoms with Crippen molar-refractivity contribution in [3.63, 3.8) is 0 Å². The summed E-state index contributed by atoms with van der Waals surface area (Å²) in [6.45, 7) is 8.78. The van der Waals surface area contributed by atoms with Gasteiger partial charge in [-0.15, -0.1) is 34.0 Å². The average molecular weight is 618 g/mol. The molecule has 1 atom stereocenters. The van der Waals surface area contributed by atoms with Crippen LogP contribution in [0.25, 0.3) is 6.08 Å². The van der Waals surface area contributed by atoms with Crippen LogP contribution in [0.1, 0.15) is 47.1 Å². The van der Waals surface area contributed by atoms with E-state index in [2.05, 4.69) is 46.3 Å². The molecule has 1 aliphatic heterocycles. The Kier molecular flexibility index (Phi) is 39.2. The Balaban J connectivity index is -0.000000206. The van der Waals surface area contributed by atoms with Gasteiger partial charge in [0.2, 0.25) is 0 Å². The van der Waals surface area contributed by atoms with E-state index in [-0.39, 0.29) is 5.48 Å². The molecule has 0 aliphatic carbocycles. The molecule has 0 fully saturated rings. The van der Waals surface area contributed by atoms with E-state index in [1.807, 2.05) is 49.0 Å². The van der Waals surface area contributed by atoms with Gasteiger partial charge in [0.15, 0.2) is 6.29 Å². The van der Waals surface area contributed by atoms with Crippen LogP contribution in [0.3, 0.4) is 0 Å². The molecule has 0 amide bonds. The smallest absolute Gasteiger partial charge is 0.159 e. The highest BCUT2D eigenvalue weighted by Crippen LogP contribution is 2.22. The number of rotatable bonds is 7. The third-order valence-electron chi connectivity index (χ3n) is 3.60. The van der Waals surface area contributed by atoms with Crippen molar-refractivity contribution in [1.29, 1.82) is 0 Å². The van der Waals surface area contributed by atoms with Crippen LogP contribution >= 0.6 is 34.0 Å². The van der Waals surface area contributed by atoms with Gasteiger partial charge in [0.25, 0.3) is 0 Å². The van der Waals surface area contributed by atoms with Crippen molar-refractivity contribution in [3.05, 3.63) is 85.9 Å². The van der Waals surface area contributed by atoms with E-state index in [1.54, 1.807) is 34.8 Å². The molecule has 0 saturated carbocycles. The largest absolute Gasteiger partial charge is 0.412 e. The zero-order valence-corrected chi connectivity index (χ0v) is 25.1. The number of nitrogens with zero attached hydrogens (tertiary/aromatic N) is 1. The molecule has 7 N–H and O–H groups in total. The molecular weight excluding hydrogens is 576 g/mol. The lowest BCUT2D eigenvalue weighted by molar-refractivity contribution is -0.104. The van der Waals surface area contributed by atoms with Crippen LogP contribution < -0.4 is 17.1 Å². The lowest BCUT2D eigenvalue weighted by Crippen LogP contribution is -2.07. The second kappa shape index (κ2) is 38.0. The monoisotopic (exact) mass is 617 g/mol. The standard InChI is InChI=1S/C7H8N2S.C7H6OS.C5H4OS.C4H10O.C3H4O.CH3F.H4N2.H2O/c1-2-7(10-5-1)6-3-4-8-9-6;8-5-1-3-7-4-2-6-9-7;6-4-5-2-1-3-7-5;1-3-5-4-2;1-2-3-4;2*1-2;/h1-2,4-6,9H,3H2;1-6H;1-4H;3-4H2,1-2H3;2-3H,1H2;1H3;1-2H2;1H2/b;3-1+;;;;;;/i;;;;;1D;;. The van der Waals surface area contributed by atoms with E-state index in [0.717, 1.165) is 42.0 Å². The summed E-state index contributed by atoms with van der Waals surface area (Å²) in [5, 5.41) is 9.90. The first-order chi connectivity index (χ1) is 19.6. The fourth-order valence-electron chi connectivity index (χ4n) is 2.11. The number of thiophene rings is 3. The Morgan fingerprint density at radius 2 is 1.57 bits per heavy atom. The number of halogens is 1. The number of hydrogen-bond donors (Lipinski definition) is 3. The molecule has 4 heterocycles. The maximum absolute atomic E-state index is 9.96. The predicted octanol–water partition coefficient (Wildman–Crippen LogP) is 5.28. The summed E-state index contributed by atoms with van der Waals surface area (Å²) in [4.78, 5) is 32.0. The average Bonchev–Trinajstić information content (AvgIpc) is 3.83. The number of carbonyl (C=O) groups excluding carboxylic acids is 3. The van der Waals surface area contributed by atoms with Crippen LogP contribution in [0.2, 0.25) is 0 Å². The number of alkyl halides is 1. The zero-order valence-electron chi connectivity index (χ0n) is 23.7. The molecule has 40 heavy (non-hydrogen) atoms. The topological polar surface area (TPSA) is 168 Å². The summed E-state index contributed by atoms with van der Waals surface area (Å²) in [7, 11) is -1.00. The minimum Gasteiger partial charge on any atom is -0.412 e. The number of hydrogen-bond acceptors (Lipinski definition) is 11. The molecule has 3 aromatic rings. The molecule has 0 bridgehead atoms. The van der Waals surface area contributed by atoms with Crippen molar-refractivity contribution < 1.29 is 30.4 Å². The van der Waals surface area contributed by atoms with Crippen LogP contribution in [0.4, 0.5) is 4.39 Å². The normalized spacial score (nSPS) is 11.7. The SMILES string of the molecule is C1=NNC(c2cccs2)C1.C=CC=O.CCOCC.NN.O.O=C/C=C/c1cccs1.O=Cc1cccs1.[2H]CF. The fraction of sp³-hybridized carbons (Fsp3) is 0.259. The van der Waals surface area contributed by atoms with Gasteiger partial charge >= 0.3 is 0 Å². The number of carbonyl (C=O) groups is 3. The quantitative estimate of drug-likeness (QED) is 0.140. The van der Waals surface area contributed by atoms with Crippen molar-refractivity contribution in [3.8, 4) is 0 Å². The van der Waals surface area contributed by atoms with Crippen molar-refractivity contribution in [1.82, 2.24) is 5.43 Å². The highest BCUT2D eigenvalue weighted by molar-refractivity contribution is 7.11. The Bertz CT molecular complexity index is 959. The van der Waals surface area contributed by atoms with Crippen LogP contribution in [-0.4, -0.2) is 50.9 Å². The van der Waals surface area contributed by atoms with Crippen molar-refractivity contribution in [2.75, 3.05) is 20.4 Å². The molecule has 13 heteroatoms. The molecule has 0 saturated heterocycles. The molecule has 1 aliphatic rings. The first-order valence-electron chi connectivity index (χ1n) is 12.1. The molecule has 224 valence electrons. The second-order valence-electron chi connectivity index (χ2n) is 6.04. The summed E-state index contributed by atoms with van der Waals surface area (Å²) in [5.41, 5.74) is 3.04. The molecular formula is C27H41FN4O5S3. The van der Waals surface area contributed by atoms with Gasteiger partial charge in [0, 0.05) is 35.6 Å². The highest BCUT2D eigenvalue weighted by atomic mass is 32.1. The first kappa shape index (κ1) is 41.3. The summed E-state index contributed by atoms with van der Waals surface area (Å²) in [5.74, 6) is 8.00. The van der Waals surface area contributed by atoms with Crippen LogP contribution in [0.5, 0.6) is 0 Å². The lowest BCUT2D eigenvalue weighted by atomic mass is 10.2. The van der Waals surface area contributed by atoms with E-state index in [1.165, 1.54) is 28.4 Å². The van der Waals surface area contributed by atoms with E-state index < -0.39 is 7.15 Å². The highest BCUT2D eigenvalue weighted by Gasteiger charge is 2.12. The Hall–Kier alpha value is -3.17. The first-order valence-corrected chi connectivity index (χ1v) is 14.0. The van der Waals surface area contributed by atoms with Gasteiger partial charge in [-0.1, -0.05) is 24.8 Å². The van der Waals surface area contributed by atoms with Crippen LogP contribution in [-0.2, 0) is 14.3 Å². The van der Waals surface area contributed by atoms with Gasteiger partial charge in [-0.3, -0.25) is 30.5 Å². The third-order valence-corrected chi connectivity index (χ3v) is 6.22. The number of hydrazine groups is 1. The number of ether oxygens (including phenoxy) is 1. The Morgan fingerprint density at radius 3 is 1.88 bits per heavy atom. The molecule has 0 radical (unpaired) electrons. The van der Waals surface area contributed by atoms with Crippen molar-refractivity contribution in [2.45, 2.75) is 26.3 Å². The molecule has 4 rings (SSSR count). The Morgan fingerprint density at radius 1 is 1.05 bits per heavy atom. The second-order valence-corrected chi connectivity index (χ2v) is 8.98. The Labute approximate surface area is 249 Å². The van der Waals surface area contributed by atoms with Crippen LogP contribution in [0, 0.1) is 0 Å². The predicted molar refractivity (Wildman–Crippen MR) is 170 cm³/mol. The fourth-order valence-corrected chi connectivity index (χ4v) is 4.05. The van der Waals surface area contributed by atoms with E-state index >= 15 is 0 Å². The number of hydrazone groups is 1. The zero-order chi connectivity index (χ0) is 30.7. The lowest BCUT2D eigenvalue weighted by Gasteiger charge is -2.04. The minimum absolute atomic E-state index is 0.